The number of likely N-dealkylation sites (tertiary alicyclic amines) is 1. The standard InChI is InChI=1S/C21H22N4O4/c1-14-11-19(28-17-7-3-6-16(12-17)27-2)24-20(23-14)15-5-4-10-25(13-15)21(26)18-8-9-22-29-18/h3,6-9,11-12,15H,4-5,10,13H2,1-2H3/t15-/m0/s1. The van der Waals surface area contributed by atoms with Crippen molar-refractivity contribution in [3.63, 3.8) is 0 Å². The number of aromatic nitrogens is 3. The molecule has 1 fully saturated rings. The van der Waals surface area contributed by atoms with Crippen molar-refractivity contribution in [3.8, 4) is 17.4 Å². The summed E-state index contributed by atoms with van der Waals surface area (Å²) < 4.78 is 16.2. The number of hydrogen-bond acceptors (Lipinski definition) is 7. The van der Waals surface area contributed by atoms with Crippen LogP contribution in [0.3, 0.4) is 0 Å². The molecular formula is C21H22N4O4. The Hall–Kier alpha value is -3.42. The molecule has 8 nitrogen and oxygen atoms in total. The molecule has 1 saturated heterocycles. The number of amides is 1. The van der Waals surface area contributed by atoms with Gasteiger partial charge in [-0.3, -0.25) is 4.79 Å². The minimum atomic E-state index is -0.160. The summed E-state index contributed by atoms with van der Waals surface area (Å²) in [6, 6.07) is 10.7. The molecule has 29 heavy (non-hydrogen) atoms. The third-order valence-electron chi connectivity index (χ3n) is 4.83. The highest BCUT2D eigenvalue weighted by atomic mass is 16.5. The number of rotatable bonds is 5. The van der Waals surface area contributed by atoms with Crippen molar-refractivity contribution in [1.82, 2.24) is 20.0 Å². The fourth-order valence-corrected chi connectivity index (χ4v) is 3.44. The molecule has 3 heterocycles. The molecule has 0 saturated carbocycles. The first-order valence-corrected chi connectivity index (χ1v) is 9.50. The predicted octanol–water partition coefficient (Wildman–Crippen LogP) is 3.59. The van der Waals surface area contributed by atoms with E-state index in [9.17, 15) is 4.79 Å². The van der Waals surface area contributed by atoms with Crippen LogP contribution >= 0.6 is 0 Å². The van der Waals surface area contributed by atoms with E-state index in [1.165, 1.54) is 6.20 Å². The van der Waals surface area contributed by atoms with Gasteiger partial charge in [0.25, 0.3) is 5.91 Å². The van der Waals surface area contributed by atoms with E-state index in [0.29, 0.717) is 36.3 Å². The fourth-order valence-electron chi connectivity index (χ4n) is 3.44. The summed E-state index contributed by atoms with van der Waals surface area (Å²) in [6.07, 6.45) is 3.25. The fraction of sp³-hybridized carbons (Fsp3) is 0.333. The van der Waals surface area contributed by atoms with E-state index >= 15 is 0 Å². The van der Waals surface area contributed by atoms with Crippen molar-refractivity contribution in [2.75, 3.05) is 20.2 Å². The number of carbonyl (C=O) groups excluding carboxylic acids is 1. The van der Waals surface area contributed by atoms with Crippen LogP contribution in [0.25, 0.3) is 0 Å². The monoisotopic (exact) mass is 394 g/mol. The minimum absolute atomic E-state index is 0.0307. The third-order valence-corrected chi connectivity index (χ3v) is 4.83. The quantitative estimate of drug-likeness (QED) is 0.653. The van der Waals surface area contributed by atoms with E-state index in [2.05, 4.69) is 15.1 Å². The van der Waals surface area contributed by atoms with Crippen LogP contribution < -0.4 is 9.47 Å². The van der Waals surface area contributed by atoms with Crippen LogP contribution in [0.15, 0.2) is 47.1 Å². The average Bonchev–Trinajstić information content (AvgIpc) is 3.28. The van der Waals surface area contributed by atoms with Gasteiger partial charge in [0, 0.05) is 42.9 Å². The van der Waals surface area contributed by atoms with Crippen LogP contribution in [-0.4, -0.2) is 46.1 Å². The second-order valence-corrected chi connectivity index (χ2v) is 6.95. The average molecular weight is 394 g/mol. The molecule has 3 aromatic rings. The minimum Gasteiger partial charge on any atom is -0.497 e. The van der Waals surface area contributed by atoms with Gasteiger partial charge in [-0.15, -0.1) is 0 Å². The number of aryl methyl sites for hydroxylation is 1. The maximum atomic E-state index is 12.6. The summed E-state index contributed by atoms with van der Waals surface area (Å²) in [5.41, 5.74) is 0.812. The van der Waals surface area contributed by atoms with Crippen molar-refractivity contribution in [2.24, 2.45) is 0 Å². The molecule has 2 aromatic heterocycles. The summed E-state index contributed by atoms with van der Waals surface area (Å²) >= 11 is 0. The zero-order chi connectivity index (χ0) is 20.2. The van der Waals surface area contributed by atoms with Gasteiger partial charge in [-0.05, 0) is 31.9 Å². The summed E-state index contributed by atoms with van der Waals surface area (Å²) in [6.45, 7) is 3.11. The largest absolute Gasteiger partial charge is 0.497 e. The van der Waals surface area contributed by atoms with Crippen molar-refractivity contribution in [2.45, 2.75) is 25.7 Å². The molecule has 0 bridgehead atoms. The van der Waals surface area contributed by atoms with E-state index in [-0.39, 0.29) is 17.6 Å². The van der Waals surface area contributed by atoms with Crippen molar-refractivity contribution < 1.29 is 18.8 Å². The molecule has 1 aromatic carbocycles. The Bertz CT molecular complexity index is 990. The Morgan fingerprint density at radius 3 is 2.86 bits per heavy atom. The Labute approximate surface area is 168 Å². The molecule has 1 atom stereocenters. The number of hydrogen-bond donors (Lipinski definition) is 0. The highest BCUT2D eigenvalue weighted by molar-refractivity contribution is 5.91. The topological polar surface area (TPSA) is 90.6 Å². The van der Waals surface area contributed by atoms with Crippen LogP contribution in [0, 0.1) is 6.92 Å². The highest BCUT2D eigenvalue weighted by Gasteiger charge is 2.29. The summed E-state index contributed by atoms with van der Waals surface area (Å²) in [7, 11) is 1.61. The number of nitrogens with zero attached hydrogens (tertiary/aromatic N) is 4. The summed E-state index contributed by atoms with van der Waals surface area (Å²) in [4.78, 5) is 23.6. The van der Waals surface area contributed by atoms with Gasteiger partial charge in [0.2, 0.25) is 11.6 Å². The van der Waals surface area contributed by atoms with Gasteiger partial charge in [0.05, 0.1) is 13.3 Å². The Kier molecular flexibility index (Phi) is 5.41. The number of ether oxygens (including phenoxy) is 2. The van der Waals surface area contributed by atoms with E-state index in [1.807, 2.05) is 25.1 Å². The number of methoxy groups -OCH3 is 1. The van der Waals surface area contributed by atoms with Gasteiger partial charge in [-0.1, -0.05) is 11.2 Å². The molecule has 0 spiro atoms. The van der Waals surface area contributed by atoms with Crippen molar-refractivity contribution in [1.29, 1.82) is 0 Å². The van der Waals surface area contributed by atoms with Crippen LogP contribution in [0.1, 0.15) is 40.8 Å². The number of benzene rings is 1. The predicted molar refractivity (Wildman–Crippen MR) is 104 cm³/mol. The molecule has 0 unspecified atom stereocenters. The van der Waals surface area contributed by atoms with Gasteiger partial charge in [0.15, 0.2) is 0 Å². The molecule has 4 rings (SSSR count). The second kappa shape index (κ2) is 8.30. The molecule has 1 aliphatic heterocycles. The Balaban J connectivity index is 1.52. The number of piperidine rings is 1. The molecule has 1 aliphatic rings. The molecule has 0 N–H and O–H groups in total. The zero-order valence-corrected chi connectivity index (χ0v) is 16.4. The zero-order valence-electron chi connectivity index (χ0n) is 16.4. The maximum Gasteiger partial charge on any atom is 0.292 e. The lowest BCUT2D eigenvalue weighted by Gasteiger charge is -2.31. The smallest absolute Gasteiger partial charge is 0.292 e. The molecule has 1 amide bonds. The van der Waals surface area contributed by atoms with E-state index in [4.69, 9.17) is 14.0 Å². The molecular weight excluding hydrogens is 372 g/mol. The molecule has 8 heteroatoms. The lowest BCUT2D eigenvalue weighted by atomic mass is 9.97. The Morgan fingerprint density at radius 1 is 1.21 bits per heavy atom. The molecule has 0 aliphatic carbocycles. The van der Waals surface area contributed by atoms with Gasteiger partial charge >= 0.3 is 0 Å². The maximum absolute atomic E-state index is 12.6. The highest BCUT2D eigenvalue weighted by Crippen LogP contribution is 2.29. The third kappa shape index (κ3) is 4.37. The SMILES string of the molecule is COc1cccc(Oc2cc(C)nc([C@H]3CCCN(C(=O)c4ccno4)C3)n2)c1. The molecule has 150 valence electrons. The first-order valence-electron chi connectivity index (χ1n) is 9.50. The van der Waals surface area contributed by atoms with Crippen LogP contribution in [0.5, 0.6) is 17.4 Å². The first kappa shape index (κ1) is 18.9. The normalized spacial score (nSPS) is 16.5. The van der Waals surface area contributed by atoms with Gasteiger partial charge in [0.1, 0.15) is 17.3 Å². The van der Waals surface area contributed by atoms with Crippen LogP contribution in [0.2, 0.25) is 0 Å². The number of carbonyl (C=O) groups is 1. The van der Waals surface area contributed by atoms with Crippen molar-refractivity contribution in [3.05, 3.63) is 59.9 Å². The first-order chi connectivity index (χ1) is 14.1. The van der Waals surface area contributed by atoms with E-state index < -0.39 is 0 Å². The van der Waals surface area contributed by atoms with E-state index in [1.54, 1.807) is 30.2 Å². The lowest BCUT2D eigenvalue weighted by Crippen LogP contribution is -2.39. The summed E-state index contributed by atoms with van der Waals surface area (Å²) in [5, 5.41) is 3.62. The second-order valence-electron chi connectivity index (χ2n) is 6.95. The summed E-state index contributed by atoms with van der Waals surface area (Å²) in [5.74, 6) is 2.62. The van der Waals surface area contributed by atoms with Gasteiger partial charge in [-0.2, -0.15) is 4.98 Å². The van der Waals surface area contributed by atoms with E-state index in [0.717, 1.165) is 18.5 Å². The van der Waals surface area contributed by atoms with Gasteiger partial charge < -0.3 is 18.9 Å². The van der Waals surface area contributed by atoms with Crippen LogP contribution in [-0.2, 0) is 0 Å². The molecule has 0 radical (unpaired) electrons. The van der Waals surface area contributed by atoms with Gasteiger partial charge in [-0.25, -0.2) is 4.98 Å². The van der Waals surface area contributed by atoms with Crippen LogP contribution in [0.4, 0.5) is 0 Å². The van der Waals surface area contributed by atoms with Crippen molar-refractivity contribution >= 4 is 5.91 Å². The lowest BCUT2D eigenvalue weighted by molar-refractivity contribution is 0.0662. The Morgan fingerprint density at radius 2 is 2.07 bits per heavy atom.